The van der Waals surface area contributed by atoms with Crippen LogP contribution in [0.2, 0.25) is 0 Å². The first kappa shape index (κ1) is 15.3. The predicted octanol–water partition coefficient (Wildman–Crippen LogP) is 3.38. The molecule has 2 rings (SSSR count). The summed E-state index contributed by atoms with van der Waals surface area (Å²) in [5.41, 5.74) is 0. The summed E-state index contributed by atoms with van der Waals surface area (Å²) in [6, 6.07) is 0.736. The average Bonchev–Trinajstić information content (AvgIpc) is 2.57. The van der Waals surface area contributed by atoms with Crippen LogP contribution in [0.25, 0.3) is 0 Å². The van der Waals surface area contributed by atoms with Crippen LogP contribution in [0.5, 0.6) is 0 Å². The summed E-state index contributed by atoms with van der Waals surface area (Å²) in [5.74, 6) is 3.57. The Morgan fingerprint density at radius 2 is 1.79 bits per heavy atom. The van der Waals surface area contributed by atoms with Crippen LogP contribution in [0.3, 0.4) is 0 Å². The predicted molar refractivity (Wildman–Crippen MR) is 83.4 cm³/mol. The Bertz CT molecular complexity index is 266. The van der Waals surface area contributed by atoms with Gasteiger partial charge in [-0.3, -0.25) is 0 Å². The van der Waals surface area contributed by atoms with Crippen LogP contribution in [0, 0.1) is 23.7 Å². The van der Waals surface area contributed by atoms with Crippen molar-refractivity contribution in [3.05, 3.63) is 0 Å². The maximum Gasteiger partial charge on any atom is 0.0110 e. The van der Waals surface area contributed by atoms with Gasteiger partial charge in [-0.2, -0.15) is 0 Å². The number of nitrogens with zero attached hydrogens (tertiary/aromatic N) is 1. The summed E-state index contributed by atoms with van der Waals surface area (Å²) in [7, 11) is 2.16. The molecule has 2 heteroatoms. The molecule has 5 atom stereocenters. The molecular weight excluding hydrogens is 232 g/mol. The summed E-state index contributed by atoms with van der Waals surface area (Å²) >= 11 is 0. The largest absolute Gasteiger partial charge is 0.317 e. The van der Waals surface area contributed by atoms with Crippen LogP contribution < -0.4 is 5.32 Å². The van der Waals surface area contributed by atoms with Crippen molar-refractivity contribution in [2.24, 2.45) is 23.7 Å². The van der Waals surface area contributed by atoms with Crippen molar-refractivity contribution in [1.29, 1.82) is 0 Å². The lowest BCUT2D eigenvalue weighted by Gasteiger charge is -2.42. The normalized spacial score (nSPS) is 42.0. The first-order valence-electron chi connectivity index (χ1n) is 8.49. The Labute approximate surface area is 120 Å². The van der Waals surface area contributed by atoms with Crippen molar-refractivity contribution < 1.29 is 0 Å². The summed E-state index contributed by atoms with van der Waals surface area (Å²) in [4.78, 5) is 2.75. The van der Waals surface area contributed by atoms with Gasteiger partial charge in [-0.15, -0.1) is 0 Å². The van der Waals surface area contributed by atoms with Crippen LogP contribution in [0.1, 0.15) is 52.9 Å². The Morgan fingerprint density at radius 3 is 2.53 bits per heavy atom. The van der Waals surface area contributed by atoms with Crippen LogP contribution in [-0.4, -0.2) is 37.6 Å². The third kappa shape index (κ3) is 4.19. The fourth-order valence-electron chi connectivity index (χ4n) is 4.35. The lowest BCUT2D eigenvalue weighted by molar-refractivity contribution is 0.105. The van der Waals surface area contributed by atoms with Crippen LogP contribution in [0.4, 0.5) is 0 Å². The fraction of sp³-hybridized carbons (Fsp3) is 1.00. The second kappa shape index (κ2) is 7.08. The zero-order chi connectivity index (χ0) is 13.8. The second-order valence-electron chi connectivity index (χ2n) is 7.45. The van der Waals surface area contributed by atoms with E-state index >= 15 is 0 Å². The van der Waals surface area contributed by atoms with Crippen molar-refractivity contribution in [3.8, 4) is 0 Å². The molecule has 0 amide bonds. The Hall–Kier alpha value is -0.0800. The topological polar surface area (TPSA) is 15.3 Å². The molecule has 1 N–H and O–H groups in total. The number of nitrogens with one attached hydrogen (secondary N) is 1. The number of likely N-dealkylation sites (tertiary alicyclic amines) is 1. The van der Waals surface area contributed by atoms with Crippen molar-refractivity contribution in [2.45, 2.75) is 58.9 Å². The second-order valence-corrected chi connectivity index (χ2v) is 7.45. The maximum absolute atomic E-state index is 3.60. The lowest BCUT2D eigenvalue weighted by Crippen LogP contribution is -2.48. The summed E-state index contributed by atoms with van der Waals surface area (Å²) in [5, 5.41) is 3.60. The van der Waals surface area contributed by atoms with Gasteiger partial charge in [-0.05, 0) is 75.9 Å². The van der Waals surface area contributed by atoms with E-state index in [1.165, 1.54) is 51.7 Å². The van der Waals surface area contributed by atoms with Crippen molar-refractivity contribution in [1.82, 2.24) is 10.2 Å². The quantitative estimate of drug-likeness (QED) is 0.842. The molecule has 0 radical (unpaired) electrons. The van der Waals surface area contributed by atoms with Gasteiger partial charge in [-0.1, -0.05) is 20.8 Å². The molecule has 1 aliphatic heterocycles. The fourth-order valence-corrected chi connectivity index (χ4v) is 4.35. The van der Waals surface area contributed by atoms with Gasteiger partial charge < -0.3 is 10.2 Å². The Kier molecular flexibility index (Phi) is 5.70. The van der Waals surface area contributed by atoms with Crippen molar-refractivity contribution in [2.75, 3.05) is 26.7 Å². The summed E-state index contributed by atoms with van der Waals surface area (Å²) < 4.78 is 0. The van der Waals surface area contributed by atoms with Crippen LogP contribution >= 0.6 is 0 Å². The summed E-state index contributed by atoms with van der Waals surface area (Å²) in [6.07, 6.45) is 7.04. The van der Waals surface area contributed by atoms with E-state index in [9.17, 15) is 0 Å². The molecule has 1 saturated heterocycles. The van der Waals surface area contributed by atoms with Gasteiger partial charge in [0.05, 0.1) is 0 Å². The first-order chi connectivity index (χ1) is 9.10. The van der Waals surface area contributed by atoms with E-state index in [-0.39, 0.29) is 0 Å². The minimum Gasteiger partial charge on any atom is -0.317 e. The minimum absolute atomic E-state index is 0.736. The monoisotopic (exact) mass is 266 g/mol. The van der Waals surface area contributed by atoms with E-state index in [1.54, 1.807) is 0 Å². The van der Waals surface area contributed by atoms with Gasteiger partial charge >= 0.3 is 0 Å². The third-order valence-corrected chi connectivity index (χ3v) is 5.63. The molecule has 1 heterocycles. The molecule has 2 nitrogen and oxygen atoms in total. The highest BCUT2D eigenvalue weighted by Crippen LogP contribution is 2.34. The molecule has 1 saturated carbocycles. The van der Waals surface area contributed by atoms with Gasteiger partial charge in [0.2, 0.25) is 0 Å². The molecule has 112 valence electrons. The van der Waals surface area contributed by atoms with Crippen molar-refractivity contribution >= 4 is 0 Å². The number of hydrogen-bond acceptors (Lipinski definition) is 2. The number of rotatable bonds is 3. The molecule has 2 aliphatic rings. The standard InChI is InChI=1S/C17H34N2/c1-13-6-5-8-19(9-7-13)12-16-15(3)10-14(2)11-17(16)18-4/h13-18H,5-12H2,1-4H3. The van der Waals surface area contributed by atoms with E-state index < -0.39 is 0 Å². The molecule has 2 fully saturated rings. The lowest BCUT2D eigenvalue weighted by atomic mass is 9.72. The molecule has 1 aliphatic carbocycles. The smallest absolute Gasteiger partial charge is 0.0110 e. The highest BCUT2D eigenvalue weighted by Gasteiger charge is 2.34. The molecule has 0 aromatic heterocycles. The zero-order valence-corrected chi connectivity index (χ0v) is 13.5. The van der Waals surface area contributed by atoms with Gasteiger partial charge in [0.15, 0.2) is 0 Å². The molecule has 0 aromatic rings. The van der Waals surface area contributed by atoms with Gasteiger partial charge in [0.1, 0.15) is 0 Å². The van der Waals surface area contributed by atoms with Gasteiger partial charge in [0, 0.05) is 12.6 Å². The summed E-state index contributed by atoms with van der Waals surface area (Å²) in [6.45, 7) is 11.3. The van der Waals surface area contributed by atoms with Crippen molar-refractivity contribution in [3.63, 3.8) is 0 Å². The van der Waals surface area contributed by atoms with Gasteiger partial charge in [-0.25, -0.2) is 0 Å². The van der Waals surface area contributed by atoms with Crippen LogP contribution in [0.15, 0.2) is 0 Å². The zero-order valence-electron chi connectivity index (χ0n) is 13.5. The SMILES string of the molecule is CNC1CC(C)CC(C)C1CN1CCCC(C)CC1. The maximum atomic E-state index is 3.60. The number of hydrogen-bond donors (Lipinski definition) is 1. The highest BCUT2D eigenvalue weighted by molar-refractivity contribution is 4.89. The van der Waals surface area contributed by atoms with E-state index in [1.807, 2.05) is 0 Å². The van der Waals surface area contributed by atoms with Crippen LogP contribution in [-0.2, 0) is 0 Å². The average molecular weight is 266 g/mol. The molecule has 0 aromatic carbocycles. The molecule has 0 spiro atoms. The van der Waals surface area contributed by atoms with E-state index in [0.29, 0.717) is 0 Å². The molecule has 5 unspecified atom stereocenters. The highest BCUT2D eigenvalue weighted by atomic mass is 15.1. The van der Waals surface area contributed by atoms with E-state index in [4.69, 9.17) is 0 Å². The Morgan fingerprint density at radius 1 is 1.00 bits per heavy atom. The molecular formula is C17H34N2. The first-order valence-corrected chi connectivity index (χ1v) is 8.49. The minimum atomic E-state index is 0.736. The Balaban J connectivity index is 1.91. The van der Waals surface area contributed by atoms with E-state index in [2.05, 4.69) is 38.0 Å². The van der Waals surface area contributed by atoms with Gasteiger partial charge in [0.25, 0.3) is 0 Å². The van der Waals surface area contributed by atoms with E-state index in [0.717, 1.165) is 29.7 Å². The molecule has 19 heavy (non-hydrogen) atoms. The third-order valence-electron chi connectivity index (χ3n) is 5.63. The molecule has 0 bridgehead atoms.